The summed E-state index contributed by atoms with van der Waals surface area (Å²) in [5.41, 5.74) is 0.841. The Labute approximate surface area is 150 Å². The van der Waals surface area contributed by atoms with Gasteiger partial charge in [-0.25, -0.2) is 4.79 Å². The van der Waals surface area contributed by atoms with E-state index in [2.05, 4.69) is 39.2 Å². The lowest BCUT2D eigenvalue weighted by atomic mass is 9.87. The topological polar surface area (TPSA) is 73.9 Å². The molecule has 1 aromatic rings. The number of amides is 1. The number of anilines is 1. The van der Waals surface area contributed by atoms with Crippen LogP contribution < -0.4 is 10.1 Å². The summed E-state index contributed by atoms with van der Waals surface area (Å²) in [6, 6.07) is 4.86. The van der Waals surface area contributed by atoms with E-state index >= 15 is 0 Å². The van der Waals surface area contributed by atoms with E-state index in [1.54, 1.807) is 18.2 Å². The average Bonchev–Trinajstić information content (AvgIpc) is 2.50. The summed E-state index contributed by atoms with van der Waals surface area (Å²) in [6.07, 6.45) is -0.294. The molecule has 2 unspecified atom stereocenters. The van der Waals surface area contributed by atoms with Gasteiger partial charge in [-0.2, -0.15) is 0 Å². The van der Waals surface area contributed by atoms with Gasteiger partial charge in [0.25, 0.3) is 5.91 Å². The van der Waals surface area contributed by atoms with E-state index in [1.807, 2.05) is 0 Å². The smallest absolute Gasteiger partial charge is 0.337 e. The molecule has 0 bridgehead atoms. The van der Waals surface area contributed by atoms with Crippen LogP contribution in [0, 0.1) is 5.41 Å². The maximum Gasteiger partial charge on any atom is 0.337 e. The van der Waals surface area contributed by atoms with Crippen LogP contribution in [0.2, 0.25) is 13.1 Å². The third-order valence-electron chi connectivity index (χ3n) is 3.77. The van der Waals surface area contributed by atoms with Crippen molar-refractivity contribution in [1.29, 1.82) is 0 Å². The number of methoxy groups -OCH3 is 1. The molecule has 0 spiro atoms. The lowest BCUT2D eigenvalue weighted by molar-refractivity contribution is -0.128. The van der Waals surface area contributed by atoms with Gasteiger partial charge in [-0.15, -0.1) is 0 Å². The highest BCUT2D eigenvalue weighted by Gasteiger charge is 2.38. The second kappa shape index (κ2) is 7.57. The standard InChI is InChI=1S/C18H27NO5Si/c1-18(2,3)10-14(24-25(5)6)15-16(20)19-12-9-11(17(21)22-4)7-8-13(12)23-15/h7-9,14-15,25H,10H2,1-6H3,(H,19,20). The highest BCUT2D eigenvalue weighted by Crippen LogP contribution is 2.34. The first-order chi connectivity index (χ1) is 11.6. The predicted octanol–water partition coefficient (Wildman–Crippen LogP) is 2.98. The average molecular weight is 366 g/mol. The minimum Gasteiger partial charge on any atom is -0.476 e. The lowest BCUT2D eigenvalue weighted by Gasteiger charge is -2.35. The molecule has 0 radical (unpaired) electrons. The van der Waals surface area contributed by atoms with Crippen LogP contribution in [-0.2, 0) is 14.0 Å². The van der Waals surface area contributed by atoms with Crippen LogP contribution >= 0.6 is 0 Å². The lowest BCUT2D eigenvalue weighted by Crippen LogP contribution is -2.49. The summed E-state index contributed by atoms with van der Waals surface area (Å²) in [4.78, 5) is 24.2. The second-order valence-corrected chi connectivity index (χ2v) is 10.1. The van der Waals surface area contributed by atoms with Crippen molar-refractivity contribution in [3.05, 3.63) is 23.8 Å². The molecule has 1 aromatic carbocycles. The Morgan fingerprint density at radius 2 is 2.04 bits per heavy atom. The first kappa shape index (κ1) is 19.5. The van der Waals surface area contributed by atoms with Crippen molar-refractivity contribution < 1.29 is 23.5 Å². The molecule has 0 aromatic heterocycles. The van der Waals surface area contributed by atoms with Gasteiger partial charge in [-0.3, -0.25) is 4.79 Å². The van der Waals surface area contributed by atoms with Crippen molar-refractivity contribution in [2.24, 2.45) is 5.41 Å². The number of fused-ring (bicyclic) bond motifs is 1. The molecule has 138 valence electrons. The van der Waals surface area contributed by atoms with Crippen molar-refractivity contribution in [3.8, 4) is 5.75 Å². The SMILES string of the molecule is COC(=O)c1ccc2c(c1)NC(=O)C(C(CC(C)(C)C)O[SiH](C)C)O2. The van der Waals surface area contributed by atoms with Gasteiger partial charge in [-0.05, 0) is 43.1 Å². The van der Waals surface area contributed by atoms with Crippen LogP contribution in [0.25, 0.3) is 0 Å². The molecule has 25 heavy (non-hydrogen) atoms. The van der Waals surface area contributed by atoms with Crippen molar-refractivity contribution in [3.63, 3.8) is 0 Å². The quantitative estimate of drug-likeness (QED) is 0.641. The van der Waals surface area contributed by atoms with Crippen LogP contribution in [0.3, 0.4) is 0 Å². The van der Waals surface area contributed by atoms with Crippen molar-refractivity contribution in [1.82, 2.24) is 0 Å². The summed E-state index contributed by atoms with van der Waals surface area (Å²) in [5.74, 6) is -0.178. The zero-order chi connectivity index (χ0) is 18.8. The number of ether oxygens (including phenoxy) is 2. The Morgan fingerprint density at radius 1 is 1.36 bits per heavy atom. The van der Waals surface area contributed by atoms with Crippen LogP contribution in [-0.4, -0.2) is 40.2 Å². The van der Waals surface area contributed by atoms with E-state index in [9.17, 15) is 9.59 Å². The monoisotopic (exact) mass is 365 g/mol. The Morgan fingerprint density at radius 3 is 2.60 bits per heavy atom. The molecule has 1 N–H and O–H groups in total. The van der Waals surface area contributed by atoms with Gasteiger partial charge in [0.05, 0.1) is 24.5 Å². The first-order valence-corrected chi connectivity index (χ1v) is 11.2. The number of carbonyl (C=O) groups is 2. The molecule has 0 saturated heterocycles. The minimum absolute atomic E-state index is 0.00656. The fourth-order valence-electron chi connectivity index (χ4n) is 2.79. The molecule has 7 heteroatoms. The number of hydrogen-bond acceptors (Lipinski definition) is 5. The maximum atomic E-state index is 12.6. The predicted molar refractivity (Wildman–Crippen MR) is 98.6 cm³/mol. The number of hydrogen-bond donors (Lipinski definition) is 1. The summed E-state index contributed by atoms with van der Waals surface area (Å²) < 4.78 is 16.8. The minimum atomic E-state index is -1.35. The summed E-state index contributed by atoms with van der Waals surface area (Å²) in [7, 11) is -0.0330. The Kier molecular flexibility index (Phi) is 5.90. The molecule has 1 aliphatic heterocycles. The van der Waals surface area contributed by atoms with E-state index in [0.29, 0.717) is 23.4 Å². The van der Waals surface area contributed by atoms with Crippen molar-refractivity contribution in [2.75, 3.05) is 12.4 Å². The van der Waals surface area contributed by atoms with Crippen molar-refractivity contribution in [2.45, 2.75) is 52.5 Å². The van der Waals surface area contributed by atoms with Crippen LogP contribution in [0.15, 0.2) is 18.2 Å². The Bertz CT molecular complexity index is 653. The molecule has 2 rings (SSSR count). The van der Waals surface area contributed by atoms with Gasteiger partial charge in [0.15, 0.2) is 9.04 Å². The molecule has 0 aliphatic carbocycles. The summed E-state index contributed by atoms with van der Waals surface area (Å²) >= 11 is 0. The first-order valence-electron chi connectivity index (χ1n) is 8.46. The number of benzene rings is 1. The van der Waals surface area contributed by atoms with E-state index < -0.39 is 21.1 Å². The fourth-order valence-corrected chi connectivity index (χ4v) is 3.73. The van der Waals surface area contributed by atoms with Gasteiger partial charge in [0.2, 0.25) is 6.10 Å². The highest BCUT2D eigenvalue weighted by atomic mass is 28.3. The zero-order valence-corrected chi connectivity index (χ0v) is 16.9. The second-order valence-electron chi connectivity index (χ2n) is 7.72. The number of esters is 1. The van der Waals surface area contributed by atoms with Gasteiger partial charge >= 0.3 is 5.97 Å². The maximum absolute atomic E-state index is 12.6. The summed E-state index contributed by atoms with van der Waals surface area (Å²) in [5, 5.41) is 2.83. The molecule has 0 fully saturated rings. The molecular formula is C18H27NO5Si. The largest absolute Gasteiger partial charge is 0.476 e. The molecule has 1 amide bonds. The van der Waals surface area contributed by atoms with Crippen LogP contribution in [0.5, 0.6) is 5.75 Å². The molecule has 1 aliphatic rings. The van der Waals surface area contributed by atoms with Crippen LogP contribution in [0.1, 0.15) is 37.6 Å². The normalized spacial score (nSPS) is 18.2. The van der Waals surface area contributed by atoms with Gasteiger partial charge in [0.1, 0.15) is 5.75 Å². The third-order valence-corrected chi connectivity index (χ3v) is 4.66. The number of rotatable bonds is 5. The molecule has 0 saturated carbocycles. The highest BCUT2D eigenvalue weighted by molar-refractivity contribution is 6.48. The third kappa shape index (κ3) is 5.06. The fraction of sp³-hybridized carbons (Fsp3) is 0.556. The Balaban J connectivity index is 2.26. The molecular weight excluding hydrogens is 338 g/mol. The number of nitrogens with one attached hydrogen (secondary N) is 1. The van der Waals surface area contributed by atoms with Gasteiger partial charge in [0, 0.05) is 0 Å². The van der Waals surface area contributed by atoms with E-state index in [0.717, 1.165) is 0 Å². The van der Waals surface area contributed by atoms with Gasteiger partial charge < -0.3 is 19.2 Å². The molecule has 1 heterocycles. The van der Waals surface area contributed by atoms with Gasteiger partial charge in [-0.1, -0.05) is 20.8 Å². The van der Waals surface area contributed by atoms with E-state index in [4.69, 9.17) is 13.9 Å². The van der Waals surface area contributed by atoms with E-state index in [-0.39, 0.29) is 17.4 Å². The Hall–Kier alpha value is -1.86. The van der Waals surface area contributed by atoms with E-state index in [1.165, 1.54) is 7.11 Å². The zero-order valence-electron chi connectivity index (χ0n) is 15.7. The summed E-state index contributed by atoms with van der Waals surface area (Å²) in [6.45, 7) is 10.5. The van der Waals surface area contributed by atoms with Crippen LogP contribution in [0.4, 0.5) is 5.69 Å². The van der Waals surface area contributed by atoms with Crippen molar-refractivity contribution >= 4 is 26.6 Å². The molecule has 6 nitrogen and oxygen atoms in total. The molecule has 2 atom stereocenters. The number of carbonyl (C=O) groups excluding carboxylic acids is 2.